The van der Waals surface area contributed by atoms with Crippen molar-refractivity contribution >= 4 is 16.5 Å². The van der Waals surface area contributed by atoms with Gasteiger partial charge in [0.25, 0.3) is 0 Å². The fourth-order valence-corrected chi connectivity index (χ4v) is 4.03. The van der Waals surface area contributed by atoms with E-state index < -0.39 is 0 Å². The van der Waals surface area contributed by atoms with Crippen LogP contribution in [0.15, 0.2) is 36.5 Å². The molecule has 3 aromatic rings. The fourth-order valence-electron chi connectivity index (χ4n) is 3.12. The first-order valence-corrected chi connectivity index (χ1v) is 8.90. The Balaban J connectivity index is 1.45. The Morgan fingerprint density at radius 1 is 1.21 bits per heavy atom. The molecule has 0 aliphatic carbocycles. The summed E-state index contributed by atoms with van der Waals surface area (Å²) in [7, 11) is 0. The minimum absolute atomic E-state index is 0.213. The Kier molecular flexibility index (Phi) is 4.25. The number of aromatic nitrogens is 4. The number of benzene rings is 1. The van der Waals surface area contributed by atoms with Crippen LogP contribution in [-0.4, -0.2) is 33.5 Å². The third-order valence-electron chi connectivity index (χ3n) is 4.38. The van der Waals surface area contributed by atoms with E-state index in [1.807, 2.05) is 6.07 Å². The predicted molar refractivity (Wildman–Crippen MR) is 91.9 cm³/mol. The highest BCUT2D eigenvalue weighted by Gasteiger charge is 2.24. The van der Waals surface area contributed by atoms with Gasteiger partial charge in [-0.05, 0) is 36.6 Å². The van der Waals surface area contributed by atoms with Crippen molar-refractivity contribution in [3.63, 3.8) is 0 Å². The molecule has 24 heavy (non-hydrogen) atoms. The van der Waals surface area contributed by atoms with Crippen LogP contribution in [0.25, 0.3) is 0 Å². The molecule has 1 fully saturated rings. The standard InChI is InChI=1S/C17H18FN5S/c18-14-5-3-12(4-6-14)10-16-21-22-17(24-16)23-9-1-2-13(11-23)15-7-8-19-20-15/h3-8,13H,1-2,9-11H2,(H,19,20). The van der Waals surface area contributed by atoms with E-state index in [-0.39, 0.29) is 5.82 Å². The number of halogens is 1. The van der Waals surface area contributed by atoms with E-state index >= 15 is 0 Å². The molecule has 3 heterocycles. The summed E-state index contributed by atoms with van der Waals surface area (Å²) in [6, 6.07) is 8.61. The van der Waals surface area contributed by atoms with Gasteiger partial charge < -0.3 is 4.90 Å². The number of nitrogens with zero attached hydrogens (tertiary/aromatic N) is 4. The van der Waals surface area contributed by atoms with Gasteiger partial charge in [0.05, 0.1) is 0 Å². The molecule has 124 valence electrons. The van der Waals surface area contributed by atoms with Crippen LogP contribution in [0, 0.1) is 5.82 Å². The average molecular weight is 343 g/mol. The smallest absolute Gasteiger partial charge is 0.208 e. The summed E-state index contributed by atoms with van der Waals surface area (Å²) in [5, 5.41) is 17.7. The molecule has 4 rings (SSSR count). The Labute approximate surface area is 143 Å². The molecule has 0 amide bonds. The fraction of sp³-hybridized carbons (Fsp3) is 0.353. The summed E-state index contributed by atoms with van der Waals surface area (Å²) in [4.78, 5) is 2.31. The van der Waals surface area contributed by atoms with Crippen molar-refractivity contribution in [3.8, 4) is 0 Å². The maximum Gasteiger partial charge on any atom is 0.208 e. The van der Waals surface area contributed by atoms with E-state index in [0.29, 0.717) is 12.3 Å². The molecular formula is C17H18FN5S. The Morgan fingerprint density at radius 2 is 2.08 bits per heavy atom. The van der Waals surface area contributed by atoms with Crippen LogP contribution in [0.2, 0.25) is 0 Å². The van der Waals surface area contributed by atoms with E-state index in [1.165, 1.54) is 24.2 Å². The van der Waals surface area contributed by atoms with Gasteiger partial charge in [0.15, 0.2) is 0 Å². The van der Waals surface area contributed by atoms with Crippen molar-refractivity contribution < 1.29 is 4.39 Å². The molecule has 0 bridgehead atoms. The van der Waals surface area contributed by atoms with E-state index in [2.05, 4.69) is 25.3 Å². The molecule has 1 atom stereocenters. The van der Waals surface area contributed by atoms with Crippen LogP contribution >= 0.6 is 11.3 Å². The van der Waals surface area contributed by atoms with Crippen LogP contribution in [0.4, 0.5) is 9.52 Å². The van der Waals surface area contributed by atoms with Gasteiger partial charge in [0.2, 0.25) is 5.13 Å². The highest BCUT2D eigenvalue weighted by Crippen LogP contribution is 2.31. The summed E-state index contributed by atoms with van der Waals surface area (Å²) in [6.45, 7) is 1.95. The van der Waals surface area contributed by atoms with Gasteiger partial charge in [-0.2, -0.15) is 5.10 Å². The second-order valence-electron chi connectivity index (χ2n) is 6.08. The SMILES string of the molecule is Fc1ccc(Cc2nnc(N3CCCC(c4ccn[nH]4)C3)s2)cc1. The van der Waals surface area contributed by atoms with Gasteiger partial charge in [0.1, 0.15) is 10.8 Å². The van der Waals surface area contributed by atoms with Crippen LogP contribution in [0.3, 0.4) is 0 Å². The molecule has 1 aliphatic heterocycles. The summed E-state index contributed by atoms with van der Waals surface area (Å²) in [5.41, 5.74) is 2.24. The normalized spacial score (nSPS) is 18.0. The molecule has 0 radical (unpaired) electrons. The monoisotopic (exact) mass is 343 g/mol. The highest BCUT2D eigenvalue weighted by atomic mass is 32.1. The number of hydrogen-bond acceptors (Lipinski definition) is 5. The maximum atomic E-state index is 13.0. The van der Waals surface area contributed by atoms with Crippen molar-refractivity contribution in [2.75, 3.05) is 18.0 Å². The zero-order chi connectivity index (χ0) is 16.4. The topological polar surface area (TPSA) is 57.7 Å². The molecule has 1 saturated heterocycles. The number of rotatable bonds is 4. The average Bonchev–Trinajstić information content (AvgIpc) is 3.29. The molecule has 1 N–H and O–H groups in total. The molecule has 2 aromatic heterocycles. The van der Waals surface area contributed by atoms with Gasteiger partial charge in [-0.3, -0.25) is 5.10 Å². The summed E-state index contributed by atoms with van der Waals surface area (Å²) in [6.07, 6.45) is 4.80. The van der Waals surface area contributed by atoms with E-state index in [0.717, 1.165) is 35.2 Å². The molecular weight excluding hydrogens is 325 g/mol. The van der Waals surface area contributed by atoms with Crippen molar-refractivity contribution in [2.45, 2.75) is 25.2 Å². The van der Waals surface area contributed by atoms with Gasteiger partial charge in [-0.15, -0.1) is 10.2 Å². The summed E-state index contributed by atoms with van der Waals surface area (Å²) >= 11 is 1.62. The lowest BCUT2D eigenvalue weighted by molar-refractivity contribution is 0.499. The first kappa shape index (κ1) is 15.3. The van der Waals surface area contributed by atoms with E-state index in [4.69, 9.17) is 0 Å². The van der Waals surface area contributed by atoms with Gasteiger partial charge in [-0.25, -0.2) is 4.39 Å². The quantitative estimate of drug-likeness (QED) is 0.789. The van der Waals surface area contributed by atoms with Crippen LogP contribution in [-0.2, 0) is 6.42 Å². The minimum Gasteiger partial charge on any atom is -0.346 e. The largest absolute Gasteiger partial charge is 0.346 e. The maximum absolute atomic E-state index is 13.0. The second-order valence-corrected chi connectivity index (χ2v) is 7.12. The number of piperidine rings is 1. The van der Waals surface area contributed by atoms with Gasteiger partial charge in [-0.1, -0.05) is 23.5 Å². The zero-order valence-corrected chi connectivity index (χ0v) is 14.0. The van der Waals surface area contributed by atoms with Crippen LogP contribution in [0.1, 0.15) is 35.0 Å². The number of aromatic amines is 1. The third-order valence-corrected chi connectivity index (χ3v) is 5.36. The molecule has 7 heteroatoms. The van der Waals surface area contributed by atoms with E-state index in [9.17, 15) is 4.39 Å². The molecule has 1 unspecified atom stereocenters. The first-order valence-electron chi connectivity index (χ1n) is 8.09. The predicted octanol–water partition coefficient (Wildman–Crippen LogP) is 3.38. The Hall–Kier alpha value is -2.28. The van der Waals surface area contributed by atoms with Crippen molar-refractivity contribution in [2.24, 2.45) is 0 Å². The summed E-state index contributed by atoms with van der Waals surface area (Å²) < 4.78 is 13.0. The lowest BCUT2D eigenvalue weighted by Crippen LogP contribution is -2.34. The number of hydrogen-bond donors (Lipinski definition) is 1. The molecule has 0 spiro atoms. The third kappa shape index (κ3) is 3.31. The van der Waals surface area contributed by atoms with Crippen LogP contribution in [0.5, 0.6) is 0 Å². The molecule has 0 saturated carbocycles. The minimum atomic E-state index is -0.213. The Bertz CT molecular complexity index is 784. The summed E-state index contributed by atoms with van der Waals surface area (Å²) in [5.74, 6) is 0.251. The molecule has 5 nitrogen and oxygen atoms in total. The molecule has 1 aromatic carbocycles. The lowest BCUT2D eigenvalue weighted by atomic mass is 9.95. The van der Waals surface area contributed by atoms with E-state index in [1.54, 1.807) is 29.7 Å². The van der Waals surface area contributed by atoms with Gasteiger partial charge in [0, 0.05) is 37.3 Å². The Morgan fingerprint density at radius 3 is 2.88 bits per heavy atom. The van der Waals surface area contributed by atoms with Gasteiger partial charge >= 0.3 is 0 Å². The van der Waals surface area contributed by atoms with Crippen LogP contribution < -0.4 is 4.90 Å². The lowest BCUT2D eigenvalue weighted by Gasteiger charge is -2.31. The first-order chi connectivity index (χ1) is 11.8. The van der Waals surface area contributed by atoms with Crippen molar-refractivity contribution in [1.82, 2.24) is 20.4 Å². The number of H-pyrrole nitrogens is 1. The second kappa shape index (κ2) is 6.68. The zero-order valence-electron chi connectivity index (χ0n) is 13.2. The van der Waals surface area contributed by atoms with Crippen molar-refractivity contribution in [3.05, 3.63) is 58.6 Å². The van der Waals surface area contributed by atoms with Crippen molar-refractivity contribution in [1.29, 1.82) is 0 Å². The highest BCUT2D eigenvalue weighted by molar-refractivity contribution is 7.15. The number of anilines is 1. The number of nitrogens with one attached hydrogen (secondary N) is 1. The molecule has 1 aliphatic rings.